The van der Waals surface area contributed by atoms with Gasteiger partial charge in [-0.3, -0.25) is 0 Å². The van der Waals surface area contributed by atoms with E-state index in [1.54, 1.807) is 0 Å². The van der Waals surface area contributed by atoms with Crippen molar-refractivity contribution in [2.75, 3.05) is 20.1 Å². The van der Waals surface area contributed by atoms with Gasteiger partial charge in [-0.1, -0.05) is 30.7 Å². The Bertz CT molecular complexity index is 375. The predicted molar refractivity (Wildman–Crippen MR) is 77.9 cm³/mol. The van der Waals surface area contributed by atoms with E-state index in [9.17, 15) is 0 Å². The van der Waals surface area contributed by atoms with Gasteiger partial charge in [0.05, 0.1) is 0 Å². The van der Waals surface area contributed by atoms with E-state index in [4.69, 9.17) is 0 Å². The van der Waals surface area contributed by atoms with E-state index in [0.29, 0.717) is 12.1 Å². The highest BCUT2D eigenvalue weighted by Crippen LogP contribution is 2.18. The minimum Gasteiger partial charge on any atom is -0.309 e. The Hall–Kier alpha value is -0.860. The van der Waals surface area contributed by atoms with Gasteiger partial charge in [-0.25, -0.2) is 0 Å². The maximum absolute atomic E-state index is 3.70. The average molecular weight is 246 g/mol. The van der Waals surface area contributed by atoms with Crippen molar-refractivity contribution in [1.82, 2.24) is 10.2 Å². The molecule has 0 radical (unpaired) electrons. The fraction of sp³-hybridized carbons (Fsp3) is 0.625. The van der Waals surface area contributed by atoms with Crippen LogP contribution in [0.2, 0.25) is 0 Å². The molecule has 1 saturated heterocycles. The van der Waals surface area contributed by atoms with Gasteiger partial charge < -0.3 is 10.2 Å². The Balaban J connectivity index is 1.88. The summed E-state index contributed by atoms with van der Waals surface area (Å²) in [5.74, 6) is 0. The summed E-state index contributed by atoms with van der Waals surface area (Å²) >= 11 is 0. The Labute approximate surface area is 111 Å². The second-order valence-electron chi connectivity index (χ2n) is 5.62. The van der Waals surface area contributed by atoms with E-state index in [-0.39, 0.29) is 0 Å². The molecule has 1 aromatic rings. The van der Waals surface area contributed by atoms with Gasteiger partial charge in [0, 0.05) is 18.6 Å². The second-order valence-corrected chi connectivity index (χ2v) is 5.62. The zero-order valence-electron chi connectivity index (χ0n) is 11.9. The van der Waals surface area contributed by atoms with Gasteiger partial charge in [0.25, 0.3) is 0 Å². The van der Waals surface area contributed by atoms with Gasteiger partial charge in [-0.2, -0.15) is 0 Å². The third-order valence-corrected chi connectivity index (χ3v) is 4.24. The lowest BCUT2D eigenvalue weighted by molar-refractivity contribution is 0.178. The van der Waals surface area contributed by atoms with E-state index >= 15 is 0 Å². The van der Waals surface area contributed by atoms with Gasteiger partial charge in [0.2, 0.25) is 0 Å². The normalized spacial score (nSPS) is 22.9. The number of likely N-dealkylation sites (tertiary alicyclic amines) is 1. The molecule has 1 aromatic carbocycles. The molecule has 2 unspecified atom stereocenters. The lowest BCUT2D eigenvalue weighted by Gasteiger charge is -2.33. The first-order valence-corrected chi connectivity index (χ1v) is 7.17. The Morgan fingerprint density at radius 3 is 2.83 bits per heavy atom. The summed E-state index contributed by atoms with van der Waals surface area (Å²) in [6.07, 6.45) is 4.08. The summed E-state index contributed by atoms with van der Waals surface area (Å²) in [6, 6.07) is 9.83. The molecule has 0 aromatic heterocycles. The lowest BCUT2D eigenvalue weighted by atomic mass is 10.0. The topological polar surface area (TPSA) is 15.3 Å². The standard InChI is InChI=1S/C16H26N2/c1-13-8-4-5-10-16(13)14(2)17-12-15-9-6-7-11-18(15)3/h4-5,8,10,14-15,17H,6-7,9,11-12H2,1-3H3. The molecule has 1 aliphatic heterocycles. The Morgan fingerprint density at radius 1 is 1.33 bits per heavy atom. The van der Waals surface area contributed by atoms with Gasteiger partial charge in [-0.15, -0.1) is 0 Å². The molecule has 2 rings (SSSR count). The van der Waals surface area contributed by atoms with Crippen LogP contribution in [-0.4, -0.2) is 31.1 Å². The SMILES string of the molecule is Cc1ccccc1C(C)NCC1CCCCN1C. The number of hydrogen-bond acceptors (Lipinski definition) is 2. The predicted octanol–water partition coefficient (Wildman–Crippen LogP) is 3.13. The minimum atomic E-state index is 0.446. The molecule has 0 aliphatic carbocycles. The molecule has 0 spiro atoms. The molecule has 0 bridgehead atoms. The quantitative estimate of drug-likeness (QED) is 0.878. The first-order valence-electron chi connectivity index (χ1n) is 7.17. The van der Waals surface area contributed by atoms with Crippen LogP contribution in [0.15, 0.2) is 24.3 Å². The van der Waals surface area contributed by atoms with Crippen LogP contribution in [0.1, 0.15) is 43.4 Å². The molecular formula is C16H26N2. The van der Waals surface area contributed by atoms with Crippen LogP contribution in [0.25, 0.3) is 0 Å². The number of aryl methyl sites for hydroxylation is 1. The molecule has 18 heavy (non-hydrogen) atoms. The van der Waals surface area contributed by atoms with Crippen LogP contribution < -0.4 is 5.32 Å². The van der Waals surface area contributed by atoms with E-state index in [1.165, 1.54) is 36.9 Å². The number of rotatable bonds is 4. The third kappa shape index (κ3) is 3.33. The Morgan fingerprint density at radius 2 is 2.11 bits per heavy atom. The summed E-state index contributed by atoms with van der Waals surface area (Å²) < 4.78 is 0. The van der Waals surface area contributed by atoms with Crippen molar-refractivity contribution < 1.29 is 0 Å². The molecule has 0 saturated carbocycles. The molecule has 1 fully saturated rings. The fourth-order valence-electron chi connectivity index (χ4n) is 2.90. The highest BCUT2D eigenvalue weighted by Gasteiger charge is 2.19. The first kappa shape index (κ1) is 13.6. The molecule has 0 amide bonds. The lowest BCUT2D eigenvalue weighted by Crippen LogP contribution is -2.43. The molecule has 2 atom stereocenters. The third-order valence-electron chi connectivity index (χ3n) is 4.24. The van der Waals surface area contributed by atoms with E-state index in [1.807, 2.05) is 0 Å². The van der Waals surface area contributed by atoms with Crippen molar-refractivity contribution in [3.8, 4) is 0 Å². The number of piperidine rings is 1. The number of benzene rings is 1. The zero-order chi connectivity index (χ0) is 13.0. The van der Waals surface area contributed by atoms with E-state index in [0.717, 1.165) is 6.54 Å². The first-order chi connectivity index (χ1) is 8.68. The molecule has 2 heteroatoms. The Kier molecular flexibility index (Phi) is 4.79. The van der Waals surface area contributed by atoms with Crippen LogP contribution in [0.3, 0.4) is 0 Å². The number of nitrogens with zero attached hydrogens (tertiary/aromatic N) is 1. The molecule has 2 nitrogen and oxygen atoms in total. The van der Waals surface area contributed by atoms with Gasteiger partial charge >= 0.3 is 0 Å². The van der Waals surface area contributed by atoms with E-state index < -0.39 is 0 Å². The molecule has 1 N–H and O–H groups in total. The summed E-state index contributed by atoms with van der Waals surface area (Å²) in [4.78, 5) is 2.50. The van der Waals surface area contributed by atoms with Crippen LogP contribution in [-0.2, 0) is 0 Å². The smallest absolute Gasteiger partial charge is 0.0295 e. The largest absolute Gasteiger partial charge is 0.309 e. The summed E-state index contributed by atoms with van der Waals surface area (Å²) in [6.45, 7) is 6.82. The van der Waals surface area contributed by atoms with Crippen molar-refractivity contribution in [3.63, 3.8) is 0 Å². The maximum Gasteiger partial charge on any atom is 0.0295 e. The minimum absolute atomic E-state index is 0.446. The van der Waals surface area contributed by atoms with Crippen LogP contribution in [0, 0.1) is 6.92 Å². The molecule has 1 aliphatic rings. The van der Waals surface area contributed by atoms with Gasteiger partial charge in [0.1, 0.15) is 0 Å². The number of hydrogen-bond donors (Lipinski definition) is 1. The number of likely N-dealkylation sites (N-methyl/N-ethyl adjacent to an activating group) is 1. The highest BCUT2D eigenvalue weighted by atomic mass is 15.2. The van der Waals surface area contributed by atoms with Crippen LogP contribution in [0.5, 0.6) is 0 Å². The monoisotopic (exact) mass is 246 g/mol. The van der Waals surface area contributed by atoms with Crippen LogP contribution >= 0.6 is 0 Å². The molecule has 1 heterocycles. The zero-order valence-corrected chi connectivity index (χ0v) is 11.9. The van der Waals surface area contributed by atoms with Gasteiger partial charge in [0.15, 0.2) is 0 Å². The van der Waals surface area contributed by atoms with E-state index in [2.05, 4.69) is 55.4 Å². The fourth-order valence-corrected chi connectivity index (χ4v) is 2.90. The van der Waals surface area contributed by atoms with Crippen LogP contribution in [0.4, 0.5) is 0 Å². The average Bonchev–Trinajstić information content (AvgIpc) is 2.38. The summed E-state index contributed by atoms with van der Waals surface area (Å²) in [5, 5.41) is 3.70. The summed E-state index contributed by atoms with van der Waals surface area (Å²) in [7, 11) is 2.25. The molecule has 100 valence electrons. The second kappa shape index (κ2) is 6.35. The molecular weight excluding hydrogens is 220 g/mol. The summed E-state index contributed by atoms with van der Waals surface area (Å²) in [5.41, 5.74) is 2.81. The van der Waals surface area contributed by atoms with Gasteiger partial charge in [-0.05, 0) is 51.4 Å². The van der Waals surface area contributed by atoms with Crippen molar-refractivity contribution in [3.05, 3.63) is 35.4 Å². The highest BCUT2D eigenvalue weighted by molar-refractivity contribution is 5.28. The maximum atomic E-state index is 3.70. The van der Waals surface area contributed by atoms with Crippen molar-refractivity contribution in [2.45, 2.75) is 45.2 Å². The van der Waals surface area contributed by atoms with Crippen molar-refractivity contribution in [2.24, 2.45) is 0 Å². The number of nitrogens with one attached hydrogen (secondary N) is 1. The van der Waals surface area contributed by atoms with Crippen molar-refractivity contribution in [1.29, 1.82) is 0 Å². The van der Waals surface area contributed by atoms with Crippen molar-refractivity contribution >= 4 is 0 Å².